The van der Waals surface area contributed by atoms with Crippen LogP contribution in [0, 0.1) is 5.82 Å². The number of carbonyl (C=O) groups excluding carboxylic acids is 1. The molecule has 0 radical (unpaired) electrons. The Balaban J connectivity index is 1.95. The zero-order valence-electron chi connectivity index (χ0n) is 10.8. The lowest BCUT2D eigenvalue weighted by Gasteiger charge is -2.06. The van der Waals surface area contributed by atoms with Crippen LogP contribution in [0.4, 0.5) is 4.39 Å². The SMILES string of the molecule is COC(=O)c1ccc(CNCc2sccc2Br)cc1F. The molecule has 0 aliphatic heterocycles. The van der Waals surface area contributed by atoms with Crippen LogP contribution in [0.15, 0.2) is 34.1 Å². The molecule has 0 saturated carbocycles. The van der Waals surface area contributed by atoms with Crippen LogP contribution in [0.5, 0.6) is 0 Å². The molecular formula is C14H13BrFNO2S. The molecule has 1 aromatic heterocycles. The molecule has 0 fully saturated rings. The minimum atomic E-state index is -0.662. The number of halogens is 2. The molecule has 2 rings (SSSR count). The molecule has 20 heavy (non-hydrogen) atoms. The van der Waals surface area contributed by atoms with Crippen LogP contribution >= 0.6 is 27.3 Å². The molecule has 0 amide bonds. The van der Waals surface area contributed by atoms with Crippen LogP contribution in [0.3, 0.4) is 0 Å². The highest BCUT2D eigenvalue weighted by molar-refractivity contribution is 9.10. The van der Waals surface area contributed by atoms with E-state index in [2.05, 4.69) is 26.0 Å². The van der Waals surface area contributed by atoms with Crippen LogP contribution in [0.1, 0.15) is 20.8 Å². The molecule has 0 spiro atoms. The normalized spacial score (nSPS) is 10.6. The van der Waals surface area contributed by atoms with E-state index in [1.165, 1.54) is 24.1 Å². The minimum Gasteiger partial charge on any atom is -0.465 e. The Labute approximate surface area is 128 Å². The monoisotopic (exact) mass is 357 g/mol. The third kappa shape index (κ3) is 3.65. The fraction of sp³-hybridized carbons (Fsp3) is 0.214. The second-order valence-corrected chi connectivity index (χ2v) is 5.96. The summed E-state index contributed by atoms with van der Waals surface area (Å²) in [5, 5.41) is 5.24. The third-order valence-corrected chi connectivity index (χ3v) is 4.67. The van der Waals surface area contributed by atoms with E-state index in [4.69, 9.17) is 0 Å². The molecule has 3 nitrogen and oxygen atoms in total. The van der Waals surface area contributed by atoms with Crippen molar-refractivity contribution in [3.8, 4) is 0 Å². The third-order valence-electron chi connectivity index (χ3n) is 2.74. The largest absolute Gasteiger partial charge is 0.465 e. The van der Waals surface area contributed by atoms with Crippen molar-refractivity contribution in [2.45, 2.75) is 13.1 Å². The fourth-order valence-electron chi connectivity index (χ4n) is 1.72. The minimum absolute atomic E-state index is 0.0442. The Morgan fingerprint density at radius 3 is 2.80 bits per heavy atom. The molecule has 0 unspecified atom stereocenters. The van der Waals surface area contributed by atoms with Crippen molar-refractivity contribution in [2.24, 2.45) is 0 Å². The first kappa shape index (κ1) is 15.2. The van der Waals surface area contributed by atoms with Crippen molar-refractivity contribution in [1.29, 1.82) is 0 Å². The molecule has 0 aliphatic carbocycles. The summed E-state index contributed by atoms with van der Waals surface area (Å²) < 4.78 is 19.3. The number of benzene rings is 1. The Kier molecular flexibility index (Phi) is 5.28. The molecule has 1 heterocycles. The highest BCUT2D eigenvalue weighted by atomic mass is 79.9. The van der Waals surface area contributed by atoms with Crippen LogP contribution in [-0.2, 0) is 17.8 Å². The van der Waals surface area contributed by atoms with E-state index >= 15 is 0 Å². The van der Waals surface area contributed by atoms with Crippen LogP contribution < -0.4 is 5.32 Å². The number of rotatable bonds is 5. The Morgan fingerprint density at radius 2 is 2.20 bits per heavy atom. The predicted molar refractivity (Wildman–Crippen MR) is 80.3 cm³/mol. The molecule has 6 heteroatoms. The Hall–Kier alpha value is -1.24. The van der Waals surface area contributed by atoms with Crippen molar-refractivity contribution in [1.82, 2.24) is 5.32 Å². The molecule has 2 aromatic rings. The molecule has 1 aromatic carbocycles. The van der Waals surface area contributed by atoms with Gasteiger partial charge in [-0.25, -0.2) is 9.18 Å². The Bertz CT molecular complexity index is 615. The number of carbonyl (C=O) groups is 1. The first-order chi connectivity index (χ1) is 9.61. The van der Waals surface area contributed by atoms with Crippen LogP contribution in [0.25, 0.3) is 0 Å². The first-order valence-corrected chi connectivity index (χ1v) is 7.58. The standard InChI is InChI=1S/C14H13BrFNO2S/c1-19-14(18)10-3-2-9(6-12(10)16)7-17-8-13-11(15)4-5-20-13/h2-6,17H,7-8H2,1H3. The van der Waals surface area contributed by atoms with Gasteiger partial charge in [-0.1, -0.05) is 6.07 Å². The van der Waals surface area contributed by atoms with Gasteiger partial charge in [-0.15, -0.1) is 11.3 Å². The predicted octanol–water partition coefficient (Wildman–Crippen LogP) is 3.73. The summed E-state index contributed by atoms with van der Waals surface area (Å²) >= 11 is 5.11. The van der Waals surface area contributed by atoms with Gasteiger partial charge in [0.25, 0.3) is 0 Å². The number of nitrogens with one attached hydrogen (secondary N) is 1. The molecule has 0 aliphatic rings. The summed E-state index contributed by atoms with van der Waals surface area (Å²) in [7, 11) is 1.23. The van der Waals surface area contributed by atoms with Gasteiger partial charge in [0, 0.05) is 22.4 Å². The van der Waals surface area contributed by atoms with E-state index in [0.29, 0.717) is 13.1 Å². The molecule has 0 bridgehead atoms. The van der Waals surface area contributed by atoms with Gasteiger partial charge in [-0.05, 0) is 45.1 Å². The van der Waals surface area contributed by atoms with Crippen molar-refractivity contribution in [3.05, 3.63) is 55.9 Å². The summed E-state index contributed by atoms with van der Waals surface area (Å²) in [5.74, 6) is -1.22. The molecule has 0 atom stereocenters. The number of methoxy groups -OCH3 is 1. The number of esters is 1. The first-order valence-electron chi connectivity index (χ1n) is 5.91. The van der Waals surface area contributed by atoms with E-state index in [9.17, 15) is 9.18 Å². The average Bonchev–Trinajstić information content (AvgIpc) is 2.84. The van der Waals surface area contributed by atoms with Gasteiger partial charge in [0.05, 0.1) is 12.7 Å². The lowest BCUT2D eigenvalue weighted by Crippen LogP contribution is -2.13. The van der Waals surface area contributed by atoms with Crippen LogP contribution in [-0.4, -0.2) is 13.1 Å². The van der Waals surface area contributed by atoms with E-state index in [1.807, 2.05) is 11.4 Å². The second kappa shape index (κ2) is 6.97. The van der Waals surface area contributed by atoms with Gasteiger partial charge in [-0.2, -0.15) is 0 Å². The number of ether oxygens (including phenoxy) is 1. The van der Waals surface area contributed by atoms with Crippen molar-refractivity contribution >= 4 is 33.2 Å². The molecule has 0 saturated heterocycles. The highest BCUT2D eigenvalue weighted by Crippen LogP contribution is 2.22. The van der Waals surface area contributed by atoms with Crippen molar-refractivity contribution < 1.29 is 13.9 Å². The van der Waals surface area contributed by atoms with E-state index in [0.717, 1.165) is 10.0 Å². The summed E-state index contributed by atoms with van der Waals surface area (Å²) in [6.07, 6.45) is 0. The van der Waals surface area contributed by atoms with E-state index < -0.39 is 11.8 Å². The summed E-state index contributed by atoms with van der Waals surface area (Å²) in [6, 6.07) is 6.50. The summed E-state index contributed by atoms with van der Waals surface area (Å²) in [4.78, 5) is 12.5. The maximum absolute atomic E-state index is 13.7. The zero-order valence-corrected chi connectivity index (χ0v) is 13.2. The number of hydrogen-bond donors (Lipinski definition) is 1. The van der Waals surface area contributed by atoms with Gasteiger partial charge < -0.3 is 10.1 Å². The lowest BCUT2D eigenvalue weighted by atomic mass is 10.1. The van der Waals surface area contributed by atoms with Gasteiger partial charge in [0.1, 0.15) is 5.82 Å². The summed E-state index contributed by atoms with van der Waals surface area (Å²) in [5.41, 5.74) is 0.736. The van der Waals surface area contributed by atoms with Gasteiger partial charge >= 0.3 is 5.97 Å². The zero-order chi connectivity index (χ0) is 14.5. The van der Waals surface area contributed by atoms with Crippen LogP contribution in [0.2, 0.25) is 0 Å². The van der Waals surface area contributed by atoms with Crippen molar-refractivity contribution in [3.63, 3.8) is 0 Å². The van der Waals surface area contributed by atoms with E-state index in [-0.39, 0.29) is 5.56 Å². The van der Waals surface area contributed by atoms with Gasteiger partial charge in [0.15, 0.2) is 0 Å². The average molecular weight is 358 g/mol. The maximum Gasteiger partial charge on any atom is 0.340 e. The quantitative estimate of drug-likeness (QED) is 0.828. The van der Waals surface area contributed by atoms with E-state index in [1.54, 1.807) is 17.4 Å². The maximum atomic E-state index is 13.7. The number of thiophene rings is 1. The topological polar surface area (TPSA) is 38.3 Å². The lowest BCUT2D eigenvalue weighted by molar-refractivity contribution is 0.0595. The van der Waals surface area contributed by atoms with Crippen molar-refractivity contribution in [2.75, 3.05) is 7.11 Å². The highest BCUT2D eigenvalue weighted by Gasteiger charge is 2.12. The number of hydrogen-bond acceptors (Lipinski definition) is 4. The van der Waals surface area contributed by atoms with Gasteiger partial charge in [0.2, 0.25) is 0 Å². The summed E-state index contributed by atoms with van der Waals surface area (Å²) in [6.45, 7) is 1.24. The smallest absolute Gasteiger partial charge is 0.340 e. The van der Waals surface area contributed by atoms with Gasteiger partial charge in [-0.3, -0.25) is 0 Å². The molecule has 1 N–H and O–H groups in total. The fourth-order valence-corrected chi connectivity index (χ4v) is 3.18. The molecule has 106 valence electrons. The second-order valence-electron chi connectivity index (χ2n) is 4.10. The Morgan fingerprint density at radius 1 is 1.40 bits per heavy atom. The molecular weight excluding hydrogens is 345 g/mol.